The standard InChI is InChI=1S/C15H21N3O2/c1-18-11-13(9-17-18)7-8-16-10-14(19)12-20-15-5-3-2-4-6-15/h2-6,9,11,14,16,19H,7-8,10,12H2,1H3. The normalized spacial score (nSPS) is 12.3. The number of nitrogens with zero attached hydrogens (tertiary/aromatic N) is 2. The topological polar surface area (TPSA) is 59.3 Å². The predicted molar refractivity (Wildman–Crippen MR) is 77.7 cm³/mol. The molecule has 0 bridgehead atoms. The number of aromatic nitrogens is 2. The van der Waals surface area contributed by atoms with Crippen LogP contribution in [-0.2, 0) is 13.5 Å². The summed E-state index contributed by atoms with van der Waals surface area (Å²) < 4.78 is 7.27. The molecule has 0 aliphatic carbocycles. The number of hydrogen-bond donors (Lipinski definition) is 2. The summed E-state index contributed by atoms with van der Waals surface area (Å²) in [5.41, 5.74) is 1.19. The zero-order valence-electron chi connectivity index (χ0n) is 11.7. The highest BCUT2D eigenvalue weighted by Gasteiger charge is 2.04. The van der Waals surface area contributed by atoms with Crippen LogP contribution in [0, 0.1) is 0 Å². The third-order valence-corrected chi connectivity index (χ3v) is 2.91. The Bertz CT molecular complexity index is 499. The van der Waals surface area contributed by atoms with Gasteiger partial charge < -0.3 is 15.2 Å². The quantitative estimate of drug-likeness (QED) is 0.705. The van der Waals surface area contributed by atoms with Crippen molar-refractivity contribution in [2.75, 3.05) is 19.7 Å². The van der Waals surface area contributed by atoms with E-state index in [1.807, 2.05) is 49.8 Å². The highest BCUT2D eigenvalue weighted by molar-refractivity contribution is 5.20. The number of benzene rings is 1. The van der Waals surface area contributed by atoms with E-state index in [0.717, 1.165) is 18.7 Å². The Kier molecular flexibility index (Phi) is 5.58. The minimum absolute atomic E-state index is 0.296. The smallest absolute Gasteiger partial charge is 0.119 e. The fourth-order valence-electron chi connectivity index (χ4n) is 1.87. The van der Waals surface area contributed by atoms with Crippen molar-refractivity contribution in [3.05, 3.63) is 48.3 Å². The molecule has 2 N–H and O–H groups in total. The molecule has 0 amide bonds. The van der Waals surface area contributed by atoms with Crippen LogP contribution in [-0.4, -0.2) is 40.7 Å². The van der Waals surface area contributed by atoms with Crippen molar-refractivity contribution in [1.29, 1.82) is 0 Å². The zero-order chi connectivity index (χ0) is 14.2. The van der Waals surface area contributed by atoms with E-state index in [9.17, 15) is 5.11 Å². The highest BCUT2D eigenvalue weighted by atomic mass is 16.5. The summed E-state index contributed by atoms with van der Waals surface area (Å²) in [6.45, 7) is 1.63. The van der Waals surface area contributed by atoms with Crippen LogP contribution >= 0.6 is 0 Å². The molecule has 5 nitrogen and oxygen atoms in total. The van der Waals surface area contributed by atoms with Crippen molar-refractivity contribution >= 4 is 0 Å². The van der Waals surface area contributed by atoms with Crippen molar-refractivity contribution < 1.29 is 9.84 Å². The van der Waals surface area contributed by atoms with Crippen molar-refractivity contribution in [2.45, 2.75) is 12.5 Å². The van der Waals surface area contributed by atoms with E-state index in [0.29, 0.717) is 13.2 Å². The predicted octanol–water partition coefficient (Wildman–Crippen LogP) is 0.992. The molecule has 108 valence electrons. The van der Waals surface area contributed by atoms with Crippen LogP contribution in [0.5, 0.6) is 5.75 Å². The van der Waals surface area contributed by atoms with Gasteiger partial charge in [-0.2, -0.15) is 5.10 Å². The van der Waals surface area contributed by atoms with Crippen molar-refractivity contribution in [3.63, 3.8) is 0 Å². The molecule has 0 fully saturated rings. The van der Waals surface area contributed by atoms with E-state index in [4.69, 9.17) is 4.74 Å². The molecule has 2 aromatic rings. The number of nitrogens with one attached hydrogen (secondary N) is 1. The molecule has 1 atom stereocenters. The third-order valence-electron chi connectivity index (χ3n) is 2.91. The molecule has 1 aromatic heterocycles. The lowest BCUT2D eigenvalue weighted by molar-refractivity contribution is 0.106. The molecule has 0 saturated carbocycles. The average molecular weight is 275 g/mol. The molecule has 5 heteroatoms. The largest absolute Gasteiger partial charge is 0.491 e. The van der Waals surface area contributed by atoms with Gasteiger partial charge in [0.15, 0.2) is 0 Å². The maximum atomic E-state index is 9.81. The van der Waals surface area contributed by atoms with Gasteiger partial charge in [-0.05, 0) is 30.7 Å². The van der Waals surface area contributed by atoms with E-state index < -0.39 is 6.10 Å². The molecular formula is C15H21N3O2. The van der Waals surface area contributed by atoms with Crippen LogP contribution in [0.25, 0.3) is 0 Å². The summed E-state index contributed by atoms with van der Waals surface area (Å²) in [4.78, 5) is 0. The molecule has 0 aliphatic heterocycles. The molecule has 2 rings (SSSR count). The molecular weight excluding hydrogens is 254 g/mol. The second-order valence-corrected chi connectivity index (χ2v) is 4.75. The first kappa shape index (κ1) is 14.6. The Morgan fingerprint density at radius 1 is 1.35 bits per heavy atom. The number of para-hydroxylation sites is 1. The van der Waals surface area contributed by atoms with Gasteiger partial charge in [-0.3, -0.25) is 4.68 Å². The second kappa shape index (κ2) is 7.67. The van der Waals surface area contributed by atoms with Gasteiger partial charge in [0.2, 0.25) is 0 Å². The first-order valence-corrected chi connectivity index (χ1v) is 6.78. The van der Waals surface area contributed by atoms with Gasteiger partial charge in [0, 0.05) is 19.8 Å². The fraction of sp³-hybridized carbons (Fsp3) is 0.400. The molecule has 1 unspecified atom stereocenters. The lowest BCUT2D eigenvalue weighted by atomic mass is 10.2. The van der Waals surface area contributed by atoms with Crippen molar-refractivity contribution in [1.82, 2.24) is 15.1 Å². The Labute approximate surface area is 119 Å². The average Bonchev–Trinajstić information content (AvgIpc) is 2.88. The number of aliphatic hydroxyl groups is 1. The van der Waals surface area contributed by atoms with Gasteiger partial charge in [-0.15, -0.1) is 0 Å². The molecule has 0 aliphatic rings. The minimum Gasteiger partial charge on any atom is -0.491 e. The lowest BCUT2D eigenvalue weighted by Gasteiger charge is -2.13. The second-order valence-electron chi connectivity index (χ2n) is 4.75. The van der Waals surface area contributed by atoms with Crippen LogP contribution in [0.1, 0.15) is 5.56 Å². The molecule has 1 aromatic carbocycles. The van der Waals surface area contributed by atoms with Crippen LogP contribution in [0.4, 0.5) is 0 Å². The van der Waals surface area contributed by atoms with Gasteiger partial charge in [-0.25, -0.2) is 0 Å². The van der Waals surface area contributed by atoms with Crippen LogP contribution in [0.15, 0.2) is 42.7 Å². The van der Waals surface area contributed by atoms with E-state index in [1.54, 1.807) is 4.68 Å². The number of ether oxygens (including phenoxy) is 1. The highest BCUT2D eigenvalue weighted by Crippen LogP contribution is 2.08. The van der Waals surface area contributed by atoms with Crippen molar-refractivity contribution in [2.24, 2.45) is 7.05 Å². The van der Waals surface area contributed by atoms with E-state index in [2.05, 4.69) is 10.4 Å². The van der Waals surface area contributed by atoms with Crippen molar-refractivity contribution in [3.8, 4) is 5.75 Å². The number of hydrogen-bond acceptors (Lipinski definition) is 4. The molecule has 20 heavy (non-hydrogen) atoms. The minimum atomic E-state index is -0.510. The maximum Gasteiger partial charge on any atom is 0.119 e. The van der Waals surface area contributed by atoms with E-state index >= 15 is 0 Å². The summed E-state index contributed by atoms with van der Waals surface area (Å²) in [6, 6.07) is 9.51. The molecule has 0 radical (unpaired) electrons. The van der Waals surface area contributed by atoms with Crippen LogP contribution in [0.2, 0.25) is 0 Å². The SMILES string of the molecule is Cn1cc(CCNCC(O)COc2ccccc2)cn1. The van der Waals surface area contributed by atoms with Gasteiger partial charge >= 0.3 is 0 Å². The Morgan fingerprint density at radius 3 is 2.85 bits per heavy atom. The Morgan fingerprint density at radius 2 is 2.15 bits per heavy atom. The lowest BCUT2D eigenvalue weighted by Crippen LogP contribution is -2.32. The van der Waals surface area contributed by atoms with Gasteiger partial charge in [0.05, 0.1) is 6.20 Å². The van der Waals surface area contributed by atoms with Gasteiger partial charge in [-0.1, -0.05) is 18.2 Å². The van der Waals surface area contributed by atoms with Crippen LogP contribution in [0.3, 0.4) is 0 Å². The Balaban J connectivity index is 1.57. The third kappa shape index (κ3) is 5.03. The summed E-state index contributed by atoms with van der Waals surface area (Å²) in [7, 11) is 1.90. The zero-order valence-corrected chi connectivity index (χ0v) is 11.7. The fourth-order valence-corrected chi connectivity index (χ4v) is 1.87. The van der Waals surface area contributed by atoms with Gasteiger partial charge in [0.25, 0.3) is 0 Å². The monoisotopic (exact) mass is 275 g/mol. The summed E-state index contributed by atoms with van der Waals surface area (Å²) in [6.07, 6.45) is 4.25. The first-order valence-electron chi connectivity index (χ1n) is 6.78. The summed E-state index contributed by atoms with van der Waals surface area (Å²) in [5, 5.41) is 17.1. The number of rotatable bonds is 8. The number of aryl methyl sites for hydroxylation is 1. The molecule has 0 saturated heterocycles. The van der Waals surface area contributed by atoms with Crippen LogP contribution < -0.4 is 10.1 Å². The van der Waals surface area contributed by atoms with E-state index in [-0.39, 0.29) is 0 Å². The van der Waals surface area contributed by atoms with Gasteiger partial charge in [0.1, 0.15) is 18.5 Å². The Hall–Kier alpha value is -1.85. The number of aliphatic hydroxyl groups excluding tert-OH is 1. The maximum absolute atomic E-state index is 9.81. The first-order chi connectivity index (χ1) is 9.74. The molecule has 0 spiro atoms. The summed E-state index contributed by atoms with van der Waals surface area (Å²) in [5.74, 6) is 0.780. The summed E-state index contributed by atoms with van der Waals surface area (Å²) >= 11 is 0. The molecule has 1 heterocycles. The van der Waals surface area contributed by atoms with E-state index in [1.165, 1.54) is 5.56 Å².